The summed E-state index contributed by atoms with van der Waals surface area (Å²) in [6, 6.07) is 0. The van der Waals surface area contributed by atoms with Gasteiger partial charge in [-0.3, -0.25) is 4.57 Å². The molecule has 1 aromatic rings. The van der Waals surface area contributed by atoms with E-state index in [2.05, 4.69) is 17.2 Å². The molecular weight excluding hydrogens is 425 g/mol. The second kappa shape index (κ2) is 15.4. The second-order valence-corrected chi connectivity index (χ2v) is 9.36. The summed E-state index contributed by atoms with van der Waals surface area (Å²) in [4.78, 5) is 16.0. The molecule has 0 unspecified atom stereocenters. The molecule has 0 saturated carbocycles. The fourth-order valence-electron chi connectivity index (χ4n) is 4.34. The molecule has 0 bridgehead atoms. The summed E-state index contributed by atoms with van der Waals surface area (Å²) in [5.41, 5.74) is -0.731. The Bertz CT molecular complexity index is 730. The van der Waals surface area contributed by atoms with Crippen LogP contribution in [0.2, 0.25) is 0 Å². The summed E-state index contributed by atoms with van der Waals surface area (Å²) >= 11 is 0. The molecule has 4 atom stereocenters. The van der Waals surface area contributed by atoms with Crippen LogP contribution in [-0.2, 0) is 4.74 Å². The zero-order valence-electron chi connectivity index (χ0n) is 20.5. The molecule has 3 N–H and O–H groups in total. The first-order valence-corrected chi connectivity index (χ1v) is 13.0. The van der Waals surface area contributed by atoms with E-state index in [1.165, 1.54) is 70.6 Å². The van der Waals surface area contributed by atoms with E-state index in [4.69, 9.17) is 4.74 Å². The van der Waals surface area contributed by atoms with Crippen molar-refractivity contribution in [2.24, 2.45) is 0 Å². The highest BCUT2D eigenvalue weighted by molar-refractivity contribution is 5.34. The standard InChI is InChI=1S/C25H44FN3O4/c1-3-4-5-6-7-8-9-10-11-12-13-14-15-16-17-27-23-20(26)18-29(25(32)28-23)24-22(31)21(30)19(2)33-24/h18-19,21-22,24,30-31H,3-17H2,1-2H3,(H,27,28,32)/t19-,21+,22+,24+/m0/s1. The number of rotatable bonds is 17. The van der Waals surface area contributed by atoms with Crippen LogP contribution in [0.5, 0.6) is 0 Å². The number of hydrogen-bond acceptors (Lipinski definition) is 6. The molecule has 0 radical (unpaired) electrons. The largest absolute Gasteiger partial charge is 0.388 e. The van der Waals surface area contributed by atoms with Crippen molar-refractivity contribution in [1.82, 2.24) is 9.55 Å². The Balaban J connectivity index is 1.55. The van der Waals surface area contributed by atoms with Gasteiger partial charge in [0.15, 0.2) is 17.9 Å². The van der Waals surface area contributed by atoms with Crippen LogP contribution in [-0.4, -0.2) is 44.6 Å². The van der Waals surface area contributed by atoms with Crippen LogP contribution in [0, 0.1) is 5.82 Å². The Morgan fingerprint density at radius 2 is 1.45 bits per heavy atom. The number of aromatic nitrogens is 2. The molecule has 1 aliphatic rings. The molecule has 0 aromatic carbocycles. The molecule has 0 aliphatic carbocycles. The van der Waals surface area contributed by atoms with Crippen LogP contribution >= 0.6 is 0 Å². The van der Waals surface area contributed by atoms with Gasteiger partial charge in [0.25, 0.3) is 0 Å². The molecule has 0 amide bonds. The lowest BCUT2D eigenvalue weighted by Gasteiger charge is -2.18. The van der Waals surface area contributed by atoms with Crippen LogP contribution in [0.1, 0.15) is 110 Å². The number of hydrogen-bond donors (Lipinski definition) is 3. The zero-order valence-corrected chi connectivity index (χ0v) is 20.5. The first-order valence-electron chi connectivity index (χ1n) is 13.0. The van der Waals surface area contributed by atoms with E-state index >= 15 is 0 Å². The molecule has 1 fully saturated rings. The minimum atomic E-state index is -1.31. The van der Waals surface area contributed by atoms with Crippen LogP contribution in [0.15, 0.2) is 11.0 Å². The molecule has 8 heteroatoms. The molecule has 2 rings (SSSR count). The summed E-state index contributed by atoms with van der Waals surface area (Å²) in [6.07, 6.45) is 14.6. The van der Waals surface area contributed by atoms with Gasteiger partial charge < -0.3 is 20.3 Å². The average molecular weight is 470 g/mol. The predicted molar refractivity (Wildman–Crippen MR) is 129 cm³/mol. The lowest BCUT2D eigenvalue weighted by molar-refractivity contribution is -0.0355. The molecular formula is C25H44FN3O4. The van der Waals surface area contributed by atoms with Crippen LogP contribution in [0.3, 0.4) is 0 Å². The Morgan fingerprint density at radius 1 is 0.939 bits per heavy atom. The normalized spacial score (nSPS) is 22.7. The maximum Gasteiger partial charge on any atom is 0.351 e. The third-order valence-corrected chi connectivity index (χ3v) is 6.48. The van der Waals surface area contributed by atoms with E-state index in [9.17, 15) is 19.4 Å². The third kappa shape index (κ3) is 9.33. The fraction of sp³-hybridized carbons (Fsp3) is 0.840. The highest BCUT2D eigenvalue weighted by Crippen LogP contribution is 2.28. The topological polar surface area (TPSA) is 96.6 Å². The molecule has 1 saturated heterocycles. The van der Waals surface area contributed by atoms with Crippen molar-refractivity contribution < 1.29 is 19.3 Å². The van der Waals surface area contributed by atoms with Gasteiger partial charge in [-0.2, -0.15) is 4.98 Å². The van der Waals surface area contributed by atoms with Crippen molar-refractivity contribution in [1.29, 1.82) is 0 Å². The second-order valence-electron chi connectivity index (χ2n) is 9.36. The number of nitrogens with zero attached hydrogens (tertiary/aromatic N) is 2. The fourth-order valence-corrected chi connectivity index (χ4v) is 4.34. The van der Waals surface area contributed by atoms with Gasteiger partial charge in [-0.25, -0.2) is 9.18 Å². The highest BCUT2D eigenvalue weighted by Gasteiger charge is 2.42. The van der Waals surface area contributed by atoms with Crippen molar-refractivity contribution in [3.63, 3.8) is 0 Å². The van der Waals surface area contributed by atoms with E-state index in [-0.39, 0.29) is 5.82 Å². The average Bonchev–Trinajstić information content (AvgIpc) is 3.05. The lowest BCUT2D eigenvalue weighted by Crippen LogP contribution is -2.36. The Kier molecular flexibility index (Phi) is 12.9. The predicted octanol–water partition coefficient (Wildman–Crippen LogP) is 4.91. The summed E-state index contributed by atoms with van der Waals surface area (Å²) < 4.78 is 20.7. The SMILES string of the molecule is CCCCCCCCCCCCCCCCNc1nc(=O)n([C@@H]2O[C@@H](C)[C@@H](O)[C@H]2O)cc1F. The maximum atomic E-state index is 14.4. The van der Waals surface area contributed by atoms with E-state index < -0.39 is 36.0 Å². The van der Waals surface area contributed by atoms with Gasteiger partial charge in [-0.05, 0) is 13.3 Å². The Hall–Kier alpha value is -1.51. The Morgan fingerprint density at radius 3 is 1.94 bits per heavy atom. The minimum Gasteiger partial charge on any atom is -0.388 e. The minimum absolute atomic E-state index is 0.0907. The van der Waals surface area contributed by atoms with Crippen LogP contribution in [0.4, 0.5) is 10.2 Å². The quantitative estimate of drug-likeness (QED) is 0.280. The molecule has 1 aromatic heterocycles. The van der Waals surface area contributed by atoms with Gasteiger partial charge in [-0.15, -0.1) is 0 Å². The van der Waals surface area contributed by atoms with Crippen molar-refractivity contribution in [2.45, 2.75) is 128 Å². The zero-order chi connectivity index (χ0) is 24.1. The van der Waals surface area contributed by atoms with Crippen molar-refractivity contribution in [2.75, 3.05) is 11.9 Å². The van der Waals surface area contributed by atoms with Crippen LogP contribution in [0.25, 0.3) is 0 Å². The number of aliphatic hydroxyl groups excluding tert-OH is 2. The van der Waals surface area contributed by atoms with Gasteiger partial charge in [0.1, 0.15) is 12.2 Å². The van der Waals surface area contributed by atoms with Gasteiger partial charge in [0.2, 0.25) is 0 Å². The molecule has 0 spiro atoms. The van der Waals surface area contributed by atoms with Crippen molar-refractivity contribution >= 4 is 5.82 Å². The molecule has 7 nitrogen and oxygen atoms in total. The molecule has 2 heterocycles. The Labute approximate surface area is 197 Å². The molecule has 1 aliphatic heterocycles. The summed E-state index contributed by atoms with van der Waals surface area (Å²) in [6.45, 7) is 4.38. The van der Waals surface area contributed by atoms with E-state index in [0.717, 1.165) is 30.0 Å². The maximum absolute atomic E-state index is 14.4. The number of unbranched alkanes of at least 4 members (excludes halogenated alkanes) is 13. The van der Waals surface area contributed by atoms with Gasteiger partial charge in [-0.1, -0.05) is 90.4 Å². The van der Waals surface area contributed by atoms with E-state index in [0.29, 0.717) is 6.54 Å². The van der Waals surface area contributed by atoms with Gasteiger partial charge >= 0.3 is 5.69 Å². The van der Waals surface area contributed by atoms with Gasteiger partial charge in [0.05, 0.1) is 12.3 Å². The van der Waals surface area contributed by atoms with E-state index in [1.54, 1.807) is 6.92 Å². The molecule has 33 heavy (non-hydrogen) atoms. The van der Waals surface area contributed by atoms with E-state index in [1.807, 2.05) is 0 Å². The smallest absolute Gasteiger partial charge is 0.351 e. The molecule has 190 valence electrons. The van der Waals surface area contributed by atoms with Gasteiger partial charge in [0, 0.05) is 6.54 Å². The summed E-state index contributed by atoms with van der Waals surface area (Å²) in [5.74, 6) is -0.781. The monoisotopic (exact) mass is 469 g/mol. The van der Waals surface area contributed by atoms with Crippen LogP contribution < -0.4 is 11.0 Å². The van der Waals surface area contributed by atoms with Crippen molar-refractivity contribution in [3.8, 4) is 0 Å². The van der Waals surface area contributed by atoms with Crippen molar-refractivity contribution in [3.05, 3.63) is 22.5 Å². The number of nitrogens with one attached hydrogen (secondary N) is 1. The highest BCUT2D eigenvalue weighted by atomic mass is 19.1. The number of aliphatic hydroxyl groups is 2. The number of ether oxygens (including phenoxy) is 1. The third-order valence-electron chi connectivity index (χ3n) is 6.48. The lowest BCUT2D eigenvalue weighted by atomic mass is 10.0. The number of halogens is 1. The first-order chi connectivity index (χ1) is 16.0. The number of anilines is 1. The summed E-state index contributed by atoms with van der Waals surface area (Å²) in [7, 11) is 0. The summed E-state index contributed by atoms with van der Waals surface area (Å²) in [5, 5.41) is 22.7. The first kappa shape index (κ1) is 27.7.